The van der Waals surface area contributed by atoms with Crippen LogP contribution in [0.25, 0.3) is 0 Å². The fourth-order valence-electron chi connectivity index (χ4n) is 4.48. The molecule has 0 spiro atoms. The zero-order chi connectivity index (χ0) is 32.3. The zero-order valence-corrected chi connectivity index (χ0v) is 25.4. The Morgan fingerprint density at radius 2 is 1.82 bits per heavy atom. The molecule has 0 bridgehead atoms. The molecule has 0 aliphatic heterocycles. The number of sulfone groups is 1. The second-order valence-corrected chi connectivity index (χ2v) is 12.8. The third-order valence-electron chi connectivity index (χ3n) is 6.74. The molecular formula is C31H37F2N5O5S. The first-order valence-corrected chi connectivity index (χ1v) is 15.9. The van der Waals surface area contributed by atoms with Crippen molar-refractivity contribution < 1.29 is 31.9 Å². The van der Waals surface area contributed by atoms with Crippen LogP contribution in [0.5, 0.6) is 0 Å². The highest BCUT2D eigenvalue weighted by molar-refractivity contribution is 7.91. The molecule has 2 amide bonds. The molecule has 0 aliphatic rings. The molecule has 0 unspecified atom stereocenters. The van der Waals surface area contributed by atoms with Crippen LogP contribution in [0.15, 0.2) is 48.5 Å². The van der Waals surface area contributed by atoms with Crippen LogP contribution in [0.1, 0.15) is 52.6 Å². The number of halogens is 2. The van der Waals surface area contributed by atoms with Gasteiger partial charge in [0.05, 0.1) is 23.7 Å². The highest BCUT2D eigenvalue weighted by Crippen LogP contribution is 2.13. The Balaban J connectivity index is 1.82. The minimum atomic E-state index is -3.78. The fourth-order valence-corrected chi connectivity index (χ4v) is 6.12. The van der Waals surface area contributed by atoms with Crippen LogP contribution in [-0.4, -0.2) is 71.8 Å². The van der Waals surface area contributed by atoms with Crippen molar-refractivity contribution in [1.82, 2.24) is 26.1 Å². The number of amides is 2. The predicted molar refractivity (Wildman–Crippen MR) is 162 cm³/mol. The summed E-state index contributed by atoms with van der Waals surface area (Å²) >= 11 is 0. The molecular weight excluding hydrogens is 592 g/mol. The van der Waals surface area contributed by atoms with Crippen molar-refractivity contribution in [3.63, 3.8) is 0 Å². The van der Waals surface area contributed by atoms with E-state index in [4.69, 9.17) is 6.42 Å². The number of carbonyl (C=O) groups is 2. The van der Waals surface area contributed by atoms with Crippen LogP contribution in [0, 0.1) is 30.9 Å². The van der Waals surface area contributed by atoms with E-state index in [0.29, 0.717) is 36.7 Å². The number of aryl methyl sites for hydroxylation is 1. The highest BCUT2D eigenvalue weighted by atomic mass is 32.2. The number of nitrogens with zero attached hydrogens (tertiary/aromatic N) is 1. The monoisotopic (exact) mass is 629 g/mol. The molecule has 1 aromatic heterocycles. The van der Waals surface area contributed by atoms with Gasteiger partial charge in [-0.2, -0.15) is 5.10 Å². The molecule has 0 fully saturated rings. The molecule has 13 heteroatoms. The Morgan fingerprint density at radius 3 is 2.45 bits per heavy atom. The minimum absolute atomic E-state index is 0.0452. The number of unbranched alkanes of at least 4 members (excludes halogenated alkanes) is 1. The highest BCUT2D eigenvalue weighted by Gasteiger charge is 2.31. The van der Waals surface area contributed by atoms with Crippen molar-refractivity contribution in [2.24, 2.45) is 0 Å². The van der Waals surface area contributed by atoms with Crippen molar-refractivity contribution >= 4 is 21.7 Å². The van der Waals surface area contributed by atoms with E-state index in [1.165, 1.54) is 6.07 Å². The standard InChI is InChI=1S/C31H37F2N5O5S/c1-4-6-10-44(42,43)19-28(36-30(40)27-11-20(3)37-38-27)31(41)35-26(15-23-13-24(32)16-25(33)14-23)29(39)18-34-17-22-9-7-8-21(5-2)12-22/h2,7-9,11-14,16,26,28-29,34,39H,4,6,10,15,17-19H2,1,3H3,(H,35,41)(H,36,40)(H,37,38)/t26-,28+,29+/m0/s1. The maximum atomic E-state index is 14.0. The number of hydrogen-bond donors (Lipinski definition) is 5. The lowest BCUT2D eigenvalue weighted by atomic mass is 10.00. The predicted octanol–water partition coefficient (Wildman–Crippen LogP) is 2.17. The SMILES string of the molecule is C#Cc1cccc(CNC[C@@H](O)[C@H](Cc2cc(F)cc(F)c2)NC(=O)[C@@H](CS(=O)(=O)CCCC)NC(=O)c2cc(C)[nH]n2)c1. The van der Waals surface area contributed by atoms with E-state index in [1.807, 2.05) is 13.0 Å². The minimum Gasteiger partial charge on any atom is -0.390 e. The zero-order valence-electron chi connectivity index (χ0n) is 24.6. The van der Waals surface area contributed by atoms with Gasteiger partial charge in [-0.3, -0.25) is 14.7 Å². The van der Waals surface area contributed by atoms with Gasteiger partial charge in [0, 0.05) is 30.4 Å². The number of H-pyrrole nitrogens is 1. The second-order valence-electron chi connectivity index (χ2n) is 10.6. The van der Waals surface area contributed by atoms with E-state index >= 15 is 0 Å². The largest absolute Gasteiger partial charge is 0.390 e. The van der Waals surface area contributed by atoms with Crippen LogP contribution in [0.3, 0.4) is 0 Å². The summed E-state index contributed by atoms with van der Waals surface area (Å²) in [6.45, 7) is 3.76. The molecule has 1 heterocycles. The molecule has 0 radical (unpaired) electrons. The summed E-state index contributed by atoms with van der Waals surface area (Å²) in [7, 11) is -3.78. The molecule has 5 N–H and O–H groups in total. The summed E-state index contributed by atoms with van der Waals surface area (Å²) in [6, 6.07) is 8.80. The molecule has 3 rings (SSSR count). The van der Waals surface area contributed by atoms with Crippen molar-refractivity contribution in [2.45, 2.75) is 57.8 Å². The number of benzene rings is 2. The first-order chi connectivity index (χ1) is 20.9. The number of aromatic amines is 1. The number of terminal acetylenes is 1. The van der Waals surface area contributed by atoms with Crippen molar-refractivity contribution in [3.05, 3.63) is 88.2 Å². The first kappa shape index (κ1) is 34.4. The second kappa shape index (κ2) is 16.1. The van der Waals surface area contributed by atoms with E-state index in [2.05, 4.69) is 32.1 Å². The maximum absolute atomic E-state index is 14.0. The van der Waals surface area contributed by atoms with Crippen LogP contribution in [0.4, 0.5) is 8.78 Å². The van der Waals surface area contributed by atoms with Gasteiger partial charge in [0.2, 0.25) is 5.91 Å². The smallest absolute Gasteiger partial charge is 0.272 e. The Morgan fingerprint density at radius 1 is 1.09 bits per heavy atom. The van der Waals surface area contributed by atoms with Gasteiger partial charge in [0.1, 0.15) is 23.4 Å². The summed E-state index contributed by atoms with van der Waals surface area (Å²) in [4.78, 5) is 26.4. The third kappa shape index (κ3) is 10.9. The van der Waals surface area contributed by atoms with E-state index in [9.17, 15) is 31.9 Å². The summed E-state index contributed by atoms with van der Waals surface area (Å²) in [6.07, 6.45) is 4.94. The number of rotatable bonds is 16. The van der Waals surface area contributed by atoms with E-state index in [-0.39, 0.29) is 30.0 Å². The molecule has 44 heavy (non-hydrogen) atoms. The van der Waals surface area contributed by atoms with Gasteiger partial charge >= 0.3 is 0 Å². The van der Waals surface area contributed by atoms with Crippen molar-refractivity contribution in [3.8, 4) is 12.3 Å². The maximum Gasteiger partial charge on any atom is 0.272 e. The van der Waals surface area contributed by atoms with Gasteiger partial charge in [-0.05, 0) is 61.2 Å². The van der Waals surface area contributed by atoms with Crippen LogP contribution < -0.4 is 16.0 Å². The van der Waals surface area contributed by atoms with Gasteiger partial charge < -0.3 is 21.1 Å². The molecule has 0 saturated carbocycles. The number of nitrogens with one attached hydrogen (secondary N) is 4. The average Bonchev–Trinajstić information content (AvgIpc) is 3.41. The normalized spacial score (nSPS) is 13.5. The molecule has 3 atom stereocenters. The average molecular weight is 630 g/mol. The van der Waals surface area contributed by atoms with Gasteiger partial charge in [0.15, 0.2) is 9.84 Å². The van der Waals surface area contributed by atoms with Gasteiger partial charge in [-0.25, -0.2) is 17.2 Å². The molecule has 0 aliphatic carbocycles. The molecule has 3 aromatic rings. The lowest BCUT2D eigenvalue weighted by molar-refractivity contribution is -0.124. The molecule has 2 aromatic carbocycles. The topological polar surface area (TPSA) is 153 Å². The number of aliphatic hydroxyl groups is 1. The summed E-state index contributed by atoms with van der Waals surface area (Å²) in [5.74, 6) is -1.70. The van der Waals surface area contributed by atoms with Crippen LogP contribution in [-0.2, 0) is 27.6 Å². The fraction of sp³-hybridized carbons (Fsp3) is 0.387. The van der Waals surface area contributed by atoms with Crippen molar-refractivity contribution in [1.29, 1.82) is 0 Å². The lowest BCUT2D eigenvalue weighted by Crippen LogP contribution is -2.56. The Labute approximate surface area is 256 Å². The molecule has 236 valence electrons. The summed E-state index contributed by atoms with van der Waals surface area (Å²) < 4.78 is 53.6. The third-order valence-corrected chi connectivity index (χ3v) is 8.49. The summed E-state index contributed by atoms with van der Waals surface area (Å²) in [5, 5.41) is 25.7. The molecule has 10 nitrogen and oxygen atoms in total. The number of hydrogen-bond acceptors (Lipinski definition) is 7. The Bertz CT molecular complexity index is 1570. The first-order valence-electron chi connectivity index (χ1n) is 14.1. The van der Waals surface area contributed by atoms with Crippen LogP contribution >= 0.6 is 0 Å². The number of aromatic nitrogens is 2. The molecule has 0 saturated heterocycles. The van der Waals surface area contributed by atoms with E-state index in [1.54, 1.807) is 25.1 Å². The lowest BCUT2D eigenvalue weighted by Gasteiger charge is -2.27. The number of aliphatic hydroxyl groups excluding tert-OH is 1. The summed E-state index contributed by atoms with van der Waals surface area (Å²) in [5.41, 5.74) is 2.20. The quantitative estimate of drug-likeness (QED) is 0.152. The van der Waals surface area contributed by atoms with Crippen molar-refractivity contribution in [2.75, 3.05) is 18.1 Å². The number of carbonyl (C=O) groups excluding carboxylic acids is 2. The Kier molecular flexibility index (Phi) is 12.6. The van der Waals surface area contributed by atoms with Gasteiger partial charge in [-0.15, -0.1) is 6.42 Å². The van der Waals surface area contributed by atoms with E-state index in [0.717, 1.165) is 17.7 Å². The van der Waals surface area contributed by atoms with Gasteiger partial charge in [0.25, 0.3) is 5.91 Å². The van der Waals surface area contributed by atoms with Gasteiger partial charge in [-0.1, -0.05) is 31.4 Å². The Hall–Kier alpha value is -4.12. The van der Waals surface area contributed by atoms with Crippen LogP contribution in [0.2, 0.25) is 0 Å². The van der Waals surface area contributed by atoms with E-state index < -0.39 is 57.2 Å².